The summed E-state index contributed by atoms with van der Waals surface area (Å²) in [5.41, 5.74) is 1.85. The second-order valence-electron chi connectivity index (χ2n) is 7.67. The highest BCUT2D eigenvalue weighted by atomic mass is 16.5. The van der Waals surface area contributed by atoms with Gasteiger partial charge in [0.15, 0.2) is 0 Å². The summed E-state index contributed by atoms with van der Waals surface area (Å²) in [6.07, 6.45) is 2.77. The molecule has 0 aliphatic carbocycles. The third kappa shape index (κ3) is 3.49. The minimum absolute atomic E-state index is 0.206. The average molecular weight is 328 g/mol. The molecule has 3 unspecified atom stereocenters. The smallest absolute Gasteiger partial charge is 0.0769 e. The van der Waals surface area contributed by atoms with Gasteiger partial charge in [-0.2, -0.15) is 5.26 Å². The Morgan fingerprint density at radius 1 is 1.33 bits per heavy atom. The van der Waals surface area contributed by atoms with Gasteiger partial charge in [-0.15, -0.1) is 0 Å². The number of hydrogen-bond donors (Lipinski definition) is 1. The van der Waals surface area contributed by atoms with Crippen molar-refractivity contribution in [1.82, 2.24) is 4.90 Å². The van der Waals surface area contributed by atoms with E-state index < -0.39 is 5.41 Å². The van der Waals surface area contributed by atoms with Gasteiger partial charge in [0.1, 0.15) is 0 Å². The van der Waals surface area contributed by atoms with E-state index in [4.69, 9.17) is 4.74 Å². The van der Waals surface area contributed by atoms with Gasteiger partial charge in [0, 0.05) is 25.1 Å². The van der Waals surface area contributed by atoms with Crippen molar-refractivity contribution in [1.29, 1.82) is 5.26 Å². The van der Waals surface area contributed by atoms with Crippen LogP contribution in [0.1, 0.15) is 44.2 Å². The number of hydrogen-bond acceptors (Lipinski definition) is 4. The molecule has 2 heterocycles. The first-order valence-corrected chi connectivity index (χ1v) is 9.02. The van der Waals surface area contributed by atoms with Crippen molar-refractivity contribution >= 4 is 0 Å². The fourth-order valence-electron chi connectivity index (χ4n) is 4.20. The molecule has 2 aliphatic rings. The van der Waals surface area contributed by atoms with E-state index in [0.717, 1.165) is 37.9 Å². The van der Waals surface area contributed by atoms with Crippen LogP contribution in [0.25, 0.3) is 0 Å². The molecule has 0 bridgehead atoms. The Hall–Kier alpha value is -1.41. The van der Waals surface area contributed by atoms with Crippen molar-refractivity contribution in [3.05, 3.63) is 35.4 Å². The van der Waals surface area contributed by atoms with Crippen LogP contribution in [0.3, 0.4) is 0 Å². The molecule has 0 spiro atoms. The van der Waals surface area contributed by atoms with Gasteiger partial charge in [-0.3, -0.25) is 4.90 Å². The predicted molar refractivity (Wildman–Crippen MR) is 93.4 cm³/mol. The molecular weight excluding hydrogens is 300 g/mol. The second kappa shape index (κ2) is 7.23. The van der Waals surface area contributed by atoms with Crippen LogP contribution in [-0.2, 0) is 16.7 Å². The van der Waals surface area contributed by atoms with Gasteiger partial charge in [-0.05, 0) is 50.8 Å². The number of ether oxygens (including phenoxy) is 1. The number of aliphatic hydroxyl groups is 1. The zero-order valence-corrected chi connectivity index (χ0v) is 14.7. The summed E-state index contributed by atoms with van der Waals surface area (Å²) in [4.78, 5) is 2.48. The molecule has 0 radical (unpaired) electrons. The normalized spacial score (nSPS) is 28.7. The van der Waals surface area contributed by atoms with Gasteiger partial charge >= 0.3 is 0 Å². The van der Waals surface area contributed by atoms with Crippen molar-refractivity contribution in [2.75, 3.05) is 19.8 Å². The quantitative estimate of drug-likeness (QED) is 0.923. The lowest BCUT2D eigenvalue weighted by Crippen LogP contribution is -2.46. The maximum Gasteiger partial charge on any atom is 0.0769 e. The van der Waals surface area contributed by atoms with E-state index in [0.29, 0.717) is 19.3 Å². The van der Waals surface area contributed by atoms with Crippen LogP contribution in [0.5, 0.6) is 0 Å². The largest absolute Gasteiger partial charge is 0.393 e. The fraction of sp³-hybridized carbons (Fsp3) is 0.650. The summed E-state index contributed by atoms with van der Waals surface area (Å²) >= 11 is 0. The van der Waals surface area contributed by atoms with E-state index in [2.05, 4.69) is 29.2 Å². The van der Waals surface area contributed by atoms with Crippen LogP contribution >= 0.6 is 0 Å². The number of rotatable bonds is 4. The molecule has 2 fully saturated rings. The first-order valence-electron chi connectivity index (χ1n) is 9.02. The summed E-state index contributed by atoms with van der Waals surface area (Å²) in [5.74, 6) is 0.206. The van der Waals surface area contributed by atoms with E-state index in [9.17, 15) is 10.4 Å². The Labute approximate surface area is 145 Å². The van der Waals surface area contributed by atoms with Crippen LogP contribution in [0.2, 0.25) is 0 Å². The monoisotopic (exact) mass is 328 g/mol. The van der Waals surface area contributed by atoms with Crippen LogP contribution in [0.15, 0.2) is 24.3 Å². The minimum Gasteiger partial charge on any atom is -0.393 e. The molecule has 130 valence electrons. The molecule has 0 aromatic heterocycles. The second-order valence-corrected chi connectivity index (χ2v) is 7.67. The molecular formula is C20H28N2O2. The van der Waals surface area contributed by atoms with E-state index in [-0.39, 0.29) is 12.0 Å². The molecule has 0 amide bonds. The molecule has 1 N–H and O–H groups in total. The predicted octanol–water partition coefficient (Wildman–Crippen LogP) is 2.85. The first-order chi connectivity index (χ1) is 11.5. The van der Waals surface area contributed by atoms with Gasteiger partial charge in [-0.1, -0.05) is 24.3 Å². The average Bonchev–Trinajstić information content (AvgIpc) is 3.03. The van der Waals surface area contributed by atoms with E-state index in [1.165, 1.54) is 5.56 Å². The first kappa shape index (κ1) is 17.4. The Balaban J connectivity index is 1.80. The molecule has 1 aromatic rings. The van der Waals surface area contributed by atoms with Gasteiger partial charge in [0.25, 0.3) is 0 Å². The van der Waals surface area contributed by atoms with Crippen LogP contribution < -0.4 is 0 Å². The number of nitrogens with zero attached hydrogens (tertiary/aromatic N) is 2. The maximum absolute atomic E-state index is 10.4. The summed E-state index contributed by atoms with van der Waals surface area (Å²) in [5, 5.41) is 19.9. The standard InChI is InChI=1S/C20H28N2O2/c1-20(2,14-21)17-7-4-3-6-15(17)12-22-10-5-8-18(22)16-13-24-11-9-19(16)23/h3-4,6-7,16,18-19,23H,5,8-13H2,1-2H3. The fourth-order valence-corrected chi connectivity index (χ4v) is 4.20. The highest BCUT2D eigenvalue weighted by Crippen LogP contribution is 2.33. The van der Waals surface area contributed by atoms with Gasteiger partial charge in [0.2, 0.25) is 0 Å². The Bertz CT molecular complexity index is 608. The zero-order chi connectivity index (χ0) is 17.2. The number of nitriles is 1. The summed E-state index contributed by atoms with van der Waals surface area (Å²) in [6.45, 7) is 7.18. The lowest BCUT2D eigenvalue weighted by molar-refractivity contribution is -0.0636. The highest BCUT2D eigenvalue weighted by Gasteiger charge is 2.38. The van der Waals surface area contributed by atoms with Gasteiger partial charge in [-0.25, -0.2) is 0 Å². The lowest BCUT2D eigenvalue weighted by Gasteiger charge is -2.37. The number of aliphatic hydroxyl groups excluding tert-OH is 1. The van der Waals surface area contributed by atoms with Crippen molar-refractivity contribution in [2.24, 2.45) is 5.92 Å². The molecule has 2 aliphatic heterocycles. The minimum atomic E-state index is -0.487. The third-order valence-corrected chi connectivity index (χ3v) is 5.61. The van der Waals surface area contributed by atoms with Crippen molar-refractivity contribution < 1.29 is 9.84 Å². The SMILES string of the molecule is CC(C)(C#N)c1ccccc1CN1CCCC1C1COCCC1O. The van der Waals surface area contributed by atoms with Crippen molar-refractivity contribution in [3.63, 3.8) is 0 Å². The van der Waals surface area contributed by atoms with Crippen LogP contribution in [-0.4, -0.2) is 41.9 Å². The van der Waals surface area contributed by atoms with Crippen molar-refractivity contribution in [3.8, 4) is 6.07 Å². The van der Waals surface area contributed by atoms with E-state index >= 15 is 0 Å². The molecule has 24 heavy (non-hydrogen) atoms. The molecule has 1 aromatic carbocycles. The third-order valence-electron chi connectivity index (χ3n) is 5.61. The molecule has 4 heteroatoms. The van der Waals surface area contributed by atoms with Gasteiger partial charge < -0.3 is 9.84 Å². The zero-order valence-electron chi connectivity index (χ0n) is 14.7. The Morgan fingerprint density at radius 2 is 2.12 bits per heavy atom. The molecule has 4 nitrogen and oxygen atoms in total. The maximum atomic E-state index is 10.4. The number of benzene rings is 1. The topological polar surface area (TPSA) is 56.5 Å². The molecule has 3 atom stereocenters. The number of likely N-dealkylation sites (tertiary alicyclic amines) is 1. The van der Waals surface area contributed by atoms with Crippen LogP contribution in [0.4, 0.5) is 0 Å². The molecule has 3 rings (SSSR count). The summed E-state index contributed by atoms with van der Waals surface area (Å²) in [7, 11) is 0. The van der Waals surface area contributed by atoms with Crippen LogP contribution in [0, 0.1) is 17.2 Å². The Kier molecular flexibility index (Phi) is 5.24. The molecule has 0 saturated carbocycles. The van der Waals surface area contributed by atoms with Crippen molar-refractivity contribution in [2.45, 2.75) is 57.2 Å². The molecule has 2 saturated heterocycles. The summed E-state index contributed by atoms with van der Waals surface area (Å²) in [6, 6.07) is 11.1. The lowest BCUT2D eigenvalue weighted by atomic mass is 9.83. The highest BCUT2D eigenvalue weighted by molar-refractivity contribution is 5.37. The summed E-state index contributed by atoms with van der Waals surface area (Å²) < 4.78 is 5.63. The Morgan fingerprint density at radius 3 is 2.88 bits per heavy atom. The van der Waals surface area contributed by atoms with E-state index in [1.807, 2.05) is 19.9 Å². The van der Waals surface area contributed by atoms with Gasteiger partial charge in [0.05, 0.1) is 24.2 Å². The van der Waals surface area contributed by atoms with E-state index in [1.54, 1.807) is 0 Å².